The molecule has 0 aliphatic heterocycles. The van der Waals surface area contributed by atoms with Crippen LogP contribution in [0, 0.1) is 20.2 Å². The Bertz CT molecular complexity index is 136. The van der Waals surface area contributed by atoms with Crippen molar-refractivity contribution in [2.75, 3.05) is 13.9 Å². The Kier molecular flexibility index (Phi) is 82.5. The molecule has 11 heteroatoms. The number of hydrogen-bond acceptors (Lipinski definition) is 6. The molecule has 9 nitrogen and oxygen atoms in total. The normalized spacial score (nSPS) is 5.38. The molecule has 0 aliphatic rings. The van der Waals surface area contributed by atoms with Crippen molar-refractivity contribution in [3.05, 3.63) is 20.2 Å². The van der Waals surface area contributed by atoms with E-state index < -0.39 is 10.2 Å². The van der Waals surface area contributed by atoms with E-state index in [1.807, 2.05) is 0 Å². The van der Waals surface area contributed by atoms with Gasteiger partial charge < -0.3 is 9.94 Å². The predicted molar refractivity (Wildman–Crippen MR) is 53.8 cm³/mol. The zero-order valence-corrected chi connectivity index (χ0v) is 10.5. The molecule has 0 saturated carbocycles. The Labute approximate surface area is 121 Å². The van der Waals surface area contributed by atoms with Crippen LogP contribution in [0.5, 0.6) is 0 Å². The minimum absolute atomic E-state index is 0. The van der Waals surface area contributed by atoms with Gasteiger partial charge in [0.1, 0.15) is 0 Å². The molecule has 0 atom stereocenters. The van der Waals surface area contributed by atoms with Gasteiger partial charge in [0.2, 0.25) is 0 Å². The van der Waals surface area contributed by atoms with Gasteiger partial charge in [-0.15, -0.1) is 20.2 Å². The number of nitrogens with zero attached hydrogens (tertiary/aromatic N) is 2. The molecule has 0 rings (SSSR count). The average Bonchev–Trinajstić information content (AvgIpc) is 2.03. The molecular weight excluding hydrogens is 300 g/mol. The third kappa shape index (κ3) is 171. The number of rotatable bonds is 3. The summed E-state index contributed by atoms with van der Waals surface area (Å²) in [6.45, 7) is 1.20. The van der Waals surface area contributed by atoms with Crippen molar-refractivity contribution < 1.29 is 57.7 Å². The predicted octanol–water partition coefficient (Wildman–Crippen LogP) is 0.924. The Morgan fingerprint density at radius 3 is 1.56 bits per heavy atom. The second-order valence-electron chi connectivity index (χ2n) is 0.997. The van der Waals surface area contributed by atoms with E-state index in [-0.39, 0.29) is 54.4 Å². The Morgan fingerprint density at radius 2 is 1.50 bits per heavy atom. The maximum Gasteiger partial charge on any atom is 0.296 e. The zero-order valence-electron chi connectivity index (χ0n) is 7.65. The molecular formula is C5H17BN2O7Y. The van der Waals surface area contributed by atoms with E-state index in [4.69, 9.17) is 15.3 Å². The third-order valence-corrected chi connectivity index (χ3v) is 0.276. The van der Waals surface area contributed by atoms with Gasteiger partial charge in [0.25, 0.3) is 10.2 Å². The number of methoxy groups -OCH3 is 1. The fourth-order valence-corrected chi connectivity index (χ4v) is 0.0957. The minimum atomic E-state index is -1.50. The molecule has 0 aromatic carbocycles. The van der Waals surface area contributed by atoms with Crippen LogP contribution in [-0.4, -0.2) is 37.1 Å². The molecule has 0 bridgehead atoms. The van der Waals surface area contributed by atoms with E-state index in [2.05, 4.69) is 17.4 Å². The van der Waals surface area contributed by atoms with E-state index in [9.17, 15) is 10.1 Å². The van der Waals surface area contributed by atoms with Crippen LogP contribution >= 0.6 is 0 Å². The average molecular weight is 317 g/mol. The van der Waals surface area contributed by atoms with Crippen LogP contribution in [0.2, 0.25) is 6.82 Å². The zero-order chi connectivity index (χ0) is 11.3. The summed E-state index contributed by atoms with van der Waals surface area (Å²) in [4.78, 5) is 21.3. The van der Waals surface area contributed by atoms with E-state index in [0.29, 0.717) is 0 Å². The molecule has 0 saturated heterocycles. The Morgan fingerprint density at radius 1 is 1.25 bits per heavy atom. The first-order valence-electron chi connectivity index (χ1n) is 2.68. The summed E-state index contributed by atoms with van der Waals surface area (Å²) in [6.07, 6.45) is 0. The van der Waals surface area contributed by atoms with Gasteiger partial charge in [-0.05, 0) is 0 Å². The van der Waals surface area contributed by atoms with Gasteiger partial charge in [-0.3, -0.25) is 4.84 Å². The van der Waals surface area contributed by atoms with E-state index in [0.717, 1.165) is 0 Å². The van der Waals surface area contributed by atoms with Crippen LogP contribution in [0.3, 0.4) is 0 Å². The molecule has 0 aromatic rings. The van der Waals surface area contributed by atoms with Gasteiger partial charge in [-0.2, -0.15) is 0 Å². The van der Waals surface area contributed by atoms with Crippen molar-refractivity contribution in [1.29, 1.82) is 0 Å². The maximum absolute atomic E-state index is 9.26. The summed E-state index contributed by atoms with van der Waals surface area (Å²) >= 11 is 0. The summed E-state index contributed by atoms with van der Waals surface area (Å²) in [7, 11) is 5.81. The van der Waals surface area contributed by atoms with Crippen molar-refractivity contribution in [2.45, 2.75) is 21.7 Å². The standard InChI is InChI=1S/C2H5NO4.CH3B.2CH4.HNO3.Y/c1-6-2-7-3(4)5;1-2;;;2-1(3)4;/h2H2,1H3;1H3;2*1H4;(H,2,3,4);. The van der Waals surface area contributed by atoms with Gasteiger partial charge in [-0.1, -0.05) is 21.7 Å². The topological polar surface area (TPSA) is 125 Å². The first-order chi connectivity index (χ1) is 6.00. The Balaban J connectivity index is -0.0000000247. The summed E-state index contributed by atoms with van der Waals surface area (Å²) in [5.74, 6) is 0. The third-order valence-electron chi connectivity index (χ3n) is 0.276. The molecule has 0 aliphatic carbocycles. The van der Waals surface area contributed by atoms with Gasteiger partial charge >= 0.3 is 0 Å². The molecule has 0 spiro atoms. The molecule has 0 unspecified atom stereocenters. The van der Waals surface area contributed by atoms with Gasteiger partial charge in [0.05, 0.1) is 7.85 Å². The van der Waals surface area contributed by atoms with Crippen LogP contribution in [-0.2, 0) is 42.3 Å². The van der Waals surface area contributed by atoms with E-state index in [1.165, 1.54) is 13.9 Å². The van der Waals surface area contributed by atoms with E-state index in [1.54, 1.807) is 0 Å². The van der Waals surface area contributed by atoms with Crippen molar-refractivity contribution in [1.82, 2.24) is 0 Å². The first kappa shape index (κ1) is 36.1. The van der Waals surface area contributed by atoms with Crippen molar-refractivity contribution >= 4 is 7.85 Å². The molecule has 0 fully saturated rings. The molecule has 1 N–H and O–H groups in total. The van der Waals surface area contributed by atoms with E-state index >= 15 is 0 Å². The smallest absolute Gasteiger partial charge is 0.296 e. The quantitative estimate of drug-likeness (QED) is 0.355. The van der Waals surface area contributed by atoms with Crippen LogP contribution in [0.1, 0.15) is 14.9 Å². The molecule has 0 heterocycles. The Hall–Kier alpha value is -0.471. The van der Waals surface area contributed by atoms with Gasteiger partial charge in [0, 0.05) is 39.8 Å². The van der Waals surface area contributed by atoms with Crippen LogP contribution in [0.25, 0.3) is 0 Å². The van der Waals surface area contributed by atoms with Crippen LogP contribution in [0.15, 0.2) is 0 Å². The van der Waals surface area contributed by atoms with Crippen molar-refractivity contribution in [3.63, 3.8) is 0 Å². The largest absolute Gasteiger partial charge is 0.358 e. The second kappa shape index (κ2) is 36.6. The SMILES string of the molecule is C.C.COCO[N+](=O)[O-].O=[N+]([O-])O.[B]C.[Y]. The van der Waals surface area contributed by atoms with Gasteiger partial charge in [0.15, 0.2) is 6.79 Å². The number of ether oxygens (including phenoxy) is 1. The molecule has 3 radical (unpaired) electrons. The maximum atomic E-state index is 9.26. The first-order valence-corrected chi connectivity index (χ1v) is 2.68. The fourth-order valence-electron chi connectivity index (χ4n) is 0.0957. The van der Waals surface area contributed by atoms with Crippen LogP contribution < -0.4 is 0 Å². The van der Waals surface area contributed by atoms with Gasteiger partial charge in [-0.25, -0.2) is 0 Å². The summed E-state index contributed by atoms with van der Waals surface area (Å²) < 4.78 is 4.19. The van der Waals surface area contributed by atoms with Crippen molar-refractivity contribution in [3.8, 4) is 0 Å². The fraction of sp³-hybridized carbons (Fsp3) is 1.00. The van der Waals surface area contributed by atoms with Crippen LogP contribution in [0.4, 0.5) is 0 Å². The molecule has 95 valence electrons. The monoisotopic (exact) mass is 317 g/mol. The van der Waals surface area contributed by atoms with Crippen molar-refractivity contribution in [2.24, 2.45) is 0 Å². The molecule has 0 aromatic heterocycles. The second-order valence-corrected chi connectivity index (χ2v) is 0.997. The summed E-state index contributed by atoms with van der Waals surface area (Å²) in [5.41, 5.74) is 0. The summed E-state index contributed by atoms with van der Waals surface area (Å²) in [5, 5.41) is 22.0. The summed E-state index contributed by atoms with van der Waals surface area (Å²) in [6, 6.07) is 0. The number of hydrogen-bond donors (Lipinski definition) is 1. The minimum Gasteiger partial charge on any atom is -0.358 e. The molecule has 16 heavy (non-hydrogen) atoms. The molecule has 0 amide bonds.